The number of hydrogen-bond acceptors (Lipinski definition) is 7. The molecule has 9 heteroatoms. The van der Waals surface area contributed by atoms with E-state index in [9.17, 15) is 9.59 Å². The van der Waals surface area contributed by atoms with Gasteiger partial charge in [-0.3, -0.25) is 14.5 Å². The number of fused-ring (bicyclic) bond motifs is 2. The second-order valence-corrected chi connectivity index (χ2v) is 9.04. The number of ether oxygens (including phenoxy) is 2. The standard InChI is InChI=1S/C25H20N4O4S/c1-14-12-34-23(26-14)22-21(15-8-9-18-19(11-15)33-13-32-18)27-20(28-22)7-4-10-29-24(30)16-5-2-3-6-17(16)25(29)31/h2-3,5-6,8-9,11-12H,4,7,10,13H2,1H3,(H,27,28). The van der Waals surface area contributed by atoms with Gasteiger partial charge in [0.25, 0.3) is 11.8 Å². The minimum atomic E-state index is -0.236. The average molecular weight is 473 g/mol. The zero-order valence-electron chi connectivity index (χ0n) is 18.3. The van der Waals surface area contributed by atoms with Crippen LogP contribution in [-0.4, -0.2) is 45.0 Å². The molecule has 2 aromatic carbocycles. The number of benzene rings is 2. The van der Waals surface area contributed by atoms with Crippen LogP contribution in [0.5, 0.6) is 11.5 Å². The van der Waals surface area contributed by atoms with Gasteiger partial charge in [-0.05, 0) is 43.7 Å². The van der Waals surface area contributed by atoms with E-state index in [1.54, 1.807) is 35.6 Å². The highest BCUT2D eigenvalue weighted by molar-refractivity contribution is 7.13. The number of imide groups is 1. The van der Waals surface area contributed by atoms with Gasteiger partial charge in [0.1, 0.15) is 16.5 Å². The van der Waals surface area contributed by atoms with Crippen molar-refractivity contribution in [2.45, 2.75) is 19.8 Å². The Morgan fingerprint density at radius 2 is 1.79 bits per heavy atom. The van der Waals surface area contributed by atoms with Crippen LogP contribution in [0.4, 0.5) is 0 Å². The van der Waals surface area contributed by atoms with E-state index >= 15 is 0 Å². The van der Waals surface area contributed by atoms with Crippen LogP contribution in [0.15, 0.2) is 47.8 Å². The molecule has 0 atom stereocenters. The topological polar surface area (TPSA) is 97.4 Å². The molecular formula is C25H20N4O4S. The molecule has 170 valence electrons. The molecule has 2 aliphatic heterocycles. The first-order chi connectivity index (χ1) is 16.6. The highest BCUT2D eigenvalue weighted by Crippen LogP contribution is 2.39. The Morgan fingerprint density at radius 1 is 1.03 bits per heavy atom. The van der Waals surface area contributed by atoms with E-state index in [4.69, 9.17) is 14.5 Å². The van der Waals surface area contributed by atoms with Crippen LogP contribution in [-0.2, 0) is 6.42 Å². The lowest BCUT2D eigenvalue weighted by Crippen LogP contribution is -2.31. The van der Waals surface area contributed by atoms with Crippen LogP contribution in [0.2, 0.25) is 0 Å². The predicted molar refractivity (Wildman–Crippen MR) is 126 cm³/mol. The van der Waals surface area contributed by atoms with Crippen LogP contribution >= 0.6 is 11.3 Å². The summed E-state index contributed by atoms with van der Waals surface area (Å²) in [5, 5.41) is 2.82. The van der Waals surface area contributed by atoms with Crippen molar-refractivity contribution in [1.29, 1.82) is 0 Å². The maximum atomic E-state index is 12.6. The number of nitrogens with one attached hydrogen (secondary N) is 1. The Balaban J connectivity index is 1.25. The van der Waals surface area contributed by atoms with Crippen LogP contribution < -0.4 is 9.47 Å². The number of hydrogen-bond donors (Lipinski definition) is 1. The minimum Gasteiger partial charge on any atom is -0.454 e. The molecule has 34 heavy (non-hydrogen) atoms. The van der Waals surface area contributed by atoms with Crippen molar-refractivity contribution in [2.75, 3.05) is 13.3 Å². The number of aromatic nitrogens is 3. The van der Waals surface area contributed by atoms with Gasteiger partial charge in [0.2, 0.25) is 6.79 Å². The van der Waals surface area contributed by atoms with Gasteiger partial charge in [0, 0.05) is 29.6 Å². The monoisotopic (exact) mass is 472 g/mol. The number of carbonyl (C=O) groups is 2. The molecule has 0 fully saturated rings. The molecular weight excluding hydrogens is 452 g/mol. The summed E-state index contributed by atoms with van der Waals surface area (Å²) < 4.78 is 11.0. The molecule has 0 saturated heterocycles. The van der Waals surface area contributed by atoms with E-state index in [-0.39, 0.29) is 18.6 Å². The Kier molecular flexibility index (Phi) is 4.91. The molecule has 0 unspecified atom stereocenters. The summed E-state index contributed by atoms with van der Waals surface area (Å²) >= 11 is 1.54. The Hall–Kier alpha value is -3.98. The molecule has 1 N–H and O–H groups in total. The molecule has 0 saturated carbocycles. The molecule has 2 aromatic heterocycles. The van der Waals surface area contributed by atoms with E-state index < -0.39 is 0 Å². The summed E-state index contributed by atoms with van der Waals surface area (Å²) in [5.41, 5.74) is 4.42. The largest absolute Gasteiger partial charge is 0.454 e. The van der Waals surface area contributed by atoms with Crippen LogP contribution in [0.25, 0.3) is 22.0 Å². The first-order valence-corrected chi connectivity index (χ1v) is 11.8. The number of nitrogens with zero attached hydrogens (tertiary/aromatic N) is 3. The highest BCUT2D eigenvalue weighted by Gasteiger charge is 2.34. The van der Waals surface area contributed by atoms with E-state index in [2.05, 4.69) is 9.97 Å². The summed E-state index contributed by atoms with van der Waals surface area (Å²) in [6, 6.07) is 12.7. The maximum Gasteiger partial charge on any atom is 0.261 e. The van der Waals surface area contributed by atoms with Crippen LogP contribution in [0, 0.1) is 6.92 Å². The van der Waals surface area contributed by atoms with Crippen molar-refractivity contribution in [3.8, 4) is 33.5 Å². The van der Waals surface area contributed by atoms with Gasteiger partial charge in [-0.2, -0.15) is 0 Å². The van der Waals surface area contributed by atoms with Crippen LogP contribution in [0.1, 0.15) is 38.7 Å². The fourth-order valence-corrected chi connectivity index (χ4v) is 5.06. The number of imidazole rings is 1. The van der Waals surface area contributed by atoms with Gasteiger partial charge in [0.15, 0.2) is 11.5 Å². The number of carbonyl (C=O) groups excluding carboxylic acids is 2. The third kappa shape index (κ3) is 3.45. The Labute approximate surface area is 199 Å². The molecule has 8 nitrogen and oxygen atoms in total. The highest BCUT2D eigenvalue weighted by atomic mass is 32.1. The molecule has 2 amide bonds. The van der Waals surface area contributed by atoms with Gasteiger partial charge in [0.05, 0.1) is 16.8 Å². The Morgan fingerprint density at radius 3 is 2.53 bits per heavy atom. The third-order valence-corrected chi connectivity index (χ3v) is 6.88. The van der Waals surface area contributed by atoms with Crippen molar-refractivity contribution in [3.05, 3.63) is 70.5 Å². The molecule has 0 radical (unpaired) electrons. The maximum absolute atomic E-state index is 12.6. The molecule has 0 aliphatic carbocycles. The fourth-order valence-electron chi connectivity index (χ4n) is 4.27. The quantitative estimate of drug-likeness (QED) is 0.416. The van der Waals surface area contributed by atoms with Crippen molar-refractivity contribution >= 4 is 23.2 Å². The molecule has 0 bridgehead atoms. The number of rotatable bonds is 6. The molecule has 4 heterocycles. The molecule has 4 aromatic rings. The predicted octanol–water partition coefficient (Wildman–Crippen LogP) is 4.47. The number of amides is 2. The number of aryl methyl sites for hydroxylation is 2. The van der Waals surface area contributed by atoms with Crippen molar-refractivity contribution < 1.29 is 19.1 Å². The minimum absolute atomic E-state index is 0.212. The van der Waals surface area contributed by atoms with Crippen LogP contribution in [0.3, 0.4) is 0 Å². The zero-order valence-corrected chi connectivity index (χ0v) is 19.1. The lowest BCUT2D eigenvalue weighted by molar-refractivity contribution is 0.0652. The van der Waals surface area contributed by atoms with E-state index in [0.717, 1.165) is 39.2 Å². The van der Waals surface area contributed by atoms with Crippen molar-refractivity contribution in [2.24, 2.45) is 0 Å². The summed E-state index contributed by atoms with van der Waals surface area (Å²) in [7, 11) is 0. The third-order valence-electron chi connectivity index (χ3n) is 5.91. The van der Waals surface area contributed by atoms with E-state index in [1.165, 1.54) is 4.90 Å². The van der Waals surface area contributed by atoms with E-state index in [0.29, 0.717) is 36.3 Å². The molecule has 2 aliphatic rings. The van der Waals surface area contributed by atoms with Gasteiger partial charge in [-0.15, -0.1) is 11.3 Å². The molecule has 6 rings (SSSR count). The first-order valence-electron chi connectivity index (χ1n) is 10.9. The summed E-state index contributed by atoms with van der Waals surface area (Å²) in [6.07, 6.45) is 1.17. The smallest absolute Gasteiger partial charge is 0.261 e. The van der Waals surface area contributed by atoms with Gasteiger partial charge in [-0.1, -0.05) is 12.1 Å². The molecule has 0 spiro atoms. The van der Waals surface area contributed by atoms with Gasteiger partial charge < -0.3 is 14.5 Å². The van der Waals surface area contributed by atoms with Gasteiger partial charge >= 0.3 is 0 Å². The normalized spacial score (nSPS) is 14.2. The van der Waals surface area contributed by atoms with Gasteiger partial charge in [-0.25, -0.2) is 9.97 Å². The van der Waals surface area contributed by atoms with Crippen molar-refractivity contribution in [1.82, 2.24) is 19.9 Å². The summed E-state index contributed by atoms with van der Waals surface area (Å²) in [6.45, 7) is 2.50. The SMILES string of the molecule is Cc1csc(-c2nc(CCCN3C(=O)c4ccccc4C3=O)[nH]c2-c2ccc3c(c2)OCO3)n1. The lowest BCUT2D eigenvalue weighted by Gasteiger charge is -2.12. The first kappa shape index (κ1) is 20.6. The van der Waals surface area contributed by atoms with E-state index in [1.807, 2.05) is 30.5 Å². The van der Waals surface area contributed by atoms with Crippen molar-refractivity contribution in [3.63, 3.8) is 0 Å². The Bertz CT molecular complexity index is 1410. The second-order valence-electron chi connectivity index (χ2n) is 8.18. The lowest BCUT2D eigenvalue weighted by atomic mass is 10.1. The second kappa shape index (κ2) is 8.11. The number of thiazole rings is 1. The number of H-pyrrole nitrogens is 1. The summed E-state index contributed by atoms with van der Waals surface area (Å²) in [5.74, 6) is 1.71. The average Bonchev–Trinajstić information content (AvgIpc) is 3.62. The number of aromatic amines is 1. The zero-order chi connectivity index (χ0) is 23.2. The fraction of sp³-hybridized carbons (Fsp3) is 0.200. The summed E-state index contributed by atoms with van der Waals surface area (Å²) in [4.78, 5) is 39.5.